The van der Waals surface area contributed by atoms with E-state index in [1.807, 2.05) is 13.8 Å². The molecule has 1 unspecified atom stereocenters. The first-order valence-electron chi connectivity index (χ1n) is 6.79. The van der Waals surface area contributed by atoms with E-state index in [-0.39, 0.29) is 24.3 Å². The molecule has 0 spiro atoms. The van der Waals surface area contributed by atoms with E-state index in [1.165, 1.54) is 0 Å². The fraction of sp³-hybridized carbons (Fsp3) is 0.500. The molecule has 1 heterocycles. The number of pyridine rings is 1. The smallest absolute Gasteiger partial charge is 0.251 e. The van der Waals surface area contributed by atoms with Crippen molar-refractivity contribution in [3.05, 3.63) is 29.6 Å². The number of carbonyl (C=O) groups is 2. The van der Waals surface area contributed by atoms with Crippen LogP contribution in [0.25, 0.3) is 0 Å². The van der Waals surface area contributed by atoms with Gasteiger partial charge in [0.15, 0.2) is 0 Å². The fourth-order valence-electron chi connectivity index (χ4n) is 1.57. The van der Waals surface area contributed by atoms with Gasteiger partial charge in [-0.1, -0.05) is 6.92 Å². The summed E-state index contributed by atoms with van der Waals surface area (Å²) >= 11 is 0. The van der Waals surface area contributed by atoms with Crippen LogP contribution in [-0.2, 0) is 11.3 Å². The van der Waals surface area contributed by atoms with E-state index in [9.17, 15) is 9.59 Å². The van der Waals surface area contributed by atoms with E-state index in [0.717, 1.165) is 6.42 Å². The molecule has 4 N–H and O–H groups in total. The van der Waals surface area contributed by atoms with E-state index >= 15 is 0 Å². The Hall–Kier alpha value is -1.95. The van der Waals surface area contributed by atoms with Gasteiger partial charge >= 0.3 is 0 Å². The van der Waals surface area contributed by atoms with Gasteiger partial charge in [0.1, 0.15) is 0 Å². The molecule has 20 heavy (non-hydrogen) atoms. The molecule has 6 nitrogen and oxygen atoms in total. The first-order valence-corrected chi connectivity index (χ1v) is 6.79. The summed E-state index contributed by atoms with van der Waals surface area (Å²) in [6, 6.07) is 3.42. The Morgan fingerprint density at radius 1 is 1.45 bits per heavy atom. The van der Waals surface area contributed by atoms with Crippen LogP contribution >= 0.6 is 0 Å². The van der Waals surface area contributed by atoms with Gasteiger partial charge in [-0.15, -0.1) is 0 Å². The summed E-state index contributed by atoms with van der Waals surface area (Å²) in [5.41, 5.74) is 6.63. The lowest BCUT2D eigenvalue weighted by Gasteiger charge is -2.11. The predicted octanol–water partition coefficient (Wildman–Crippen LogP) is 0.575. The van der Waals surface area contributed by atoms with E-state index < -0.39 is 0 Å². The van der Waals surface area contributed by atoms with E-state index in [4.69, 9.17) is 5.73 Å². The van der Waals surface area contributed by atoms with Crippen LogP contribution in [0.3, 0.4) is 0 Å². The second-order valence-electron chi connectivity index (χ2n) is 4.62. The van der Waals surface area contributed by atoms with Crippen molar-refractivity contribution in [1.82, 2.24) is 15.6 Å². The monoisotopic (exact) mass is 278 g/mol. The minimum absolute atomic E-state index is 0.0583. The van der Waals surface area contributed by atoms with Gasteiger partial charge in [-0.05, 0) is 25.5 Å². The van der Waals surface area contributed by atoms with Crippen molar-refractivity contribution in [3.63, 3.8) is 0 Å². The largest absolute Gasteiger partial charge is 0.354 e. The highest BCUT2D eigenvalue weighted by molar-refractivity contribution is 5.94. The number of nitrogens with zero attached hydrogens (tertiary/aromatic N) is 1. The zero-order chi connectivity index (χ0) is 15.0. The van der Waals surface area contributed by atoms with E-state index in [1.54, 1.807) is 18.3 Å². The third kappa shape index (κ3) is 5.36. The van der Waals surface area contributed by atoms with Gasteiger partial charge in [0, 0.05) is 37.3 Å². The van der Waals surface area contributed by atoms with Crippen LogP contribution in [0.2, 0.25) is 0 Å². The molecule has 0 aliphatic heterocycles. The molecular formula is C14H22N4O2. The molecule has 0 fully saturated rings. The average molecular weight is 278 g/mol. The number of nitrogens with one attached hydrogen (secondary N) is 2. The minimum atomic E-state index is -0.224. The second kappa shape index (κ2) is 8.27. The van der Waals surface area contributed by atoms with Gasteiger partial charge < -0.3 is 16.4 Å². The van der Waals surface area contributed by atoms with Crippen molar-refractivity contribution in [2.45, 2.75) is 39.3 Å². The lowest BCUT2D eigenvalue weighted by molar-refractivity contribution is -0.121. The molecule has 0 bridgehead atoms. The molecule has 1 rings (SSSR count). The molecule has 0 aliphatic rings. The van der Waals surface area contributed by atoms with Crippen molar-refractivity contribution in [2.24, 2.45) is 5.73 Å². The quantitative estimate of drug-likeness (QED) is 0.679. The Morgan fingerprint density at radius 2 is 2.20 bits per heavy atom. The van der Waals surface area contributed by atoms with Crippen molar-refractivity contribution in [2.75, 3.05) is 6.54 Å². The van der Waals surface area contributed by atoms with Crippen LogP contribution < -0.4 is 16.4 Å². The Kier molecular flexibility index (Phi) is 6.66. The van der Waals surface area contributed by atoms with Crippen LogP contribution in [-0.4, -0.2) is 29.4 Å². The minimum Gasteiger partial charge on any atom is -0.354 e. The standard InChI is InChI=1S/C14H22N4O2/c1-3-10(2)18-13(19)5-7-17-14(20)11-4-6-16-12(8-11)9-15/h4,6,8,10H,3,5,7,9,15H2,1-2H3,(H,17,20)(H,18,19). The number of nitrogens with two attached hydrogens (primary N) is 1. The lowest BCUT2D eigenvalue weighted by Crippen LogP contribution is -2.35. The lowest BCUT2D eigenvalue weighted by atomic mass is 10.2. The topological polar surface area (TPSA) is 97.1 Å². The highest BCUT2D eigenvalue weighted by atomic mass is 16.2. The highest BCUT2D eigenvalue weighted by Gasteiger charge is 2.08. The molecule has 110 valence electrons. The number of rotatable bonds is 7. The predicted molar refractivity (Wildman–Crippen MR) is 77.0 cm³/mol. The summed E-state index contributed by atoms with van der Waals surface area (Å²) in [5.74, 6) is -0.282. The summed E-state index contributed by atoms with van der Waals surface area (Å²) in [7, 11) is 0. The first-order chi connectivity index (χ1) is 9.56. The number of aromatic nitrogens is 1. The maximum Gasteiger partial charge on any atom is 0.251 e. The molecule has 0 aromatic carbocycles. The summed E-state index contributed by atoms with van der Waals surface area (Å²) in [4.78, 5) is 27.4. The number of hydrogen-bond donors (Lipinski definition) is 3. The maximum atomic E-state index is 11.9. The summed E-state index contributed by atoms with van der Waals surface area (Å²) in [5, 5.41) is 5.55. The van der Waals surface area contributed by atoms with Gasteiger partial charge in [-0.25, -0.2) is 0 Å². The molecule has 0 aliphatic carbocycles. The average Bonchev–Trinajstić information content (AvgIpc) is 2.46. The van der Waals surface area contributed by atoms with Gasteiger partial charge in [0.05, 0.1) is 5.69 Å². The van der Waals surface area contributed by atoms with Crippen LogP contribution in [0.5, 0.6) is 0 Å². The first kappa shape index (κ1) is 16.1. The van der Waals surface area contributed by atoms with Crippen LogP contribution in [0.15, 0.2) is 18.3 Å². The van der Waals surface area contributed by atoms with Gasteiger partial charge in [-0.2, -0.15) is 0 Å². The number of carbonyl (C=O) groups excluding carboxylic acids is 2. The Bertz CT molecular complexity index is 462. The Balaban J connectivity index is 2.38. The summed E-state index contributed by atoms with van der Waals surface area (Å²) < 4.78 is 0. The van der Waals surface area contributed by atoms with Crippen LogP contribution in [0, 0.1) is 0 Å². The second-order valence-corrected chi connectivity index (χ2v) is 4.62. The van der Waals surface area contributed by atoms with Crippen LogP contribution in [0.1, 0.15) is 42.7 Å². The summed E-state index contributed by atoms with van der Waals surface area (Å²) in [6.45, 7) is 4.55. The fourth-order valence-corrected chi connectivity index (χ4v) is 1.57. The molecule has 6 heteroatoms. The molecule has 0 saturated heterocycles. The van der Waals surface area contributed by atoms with Crippen molar-refractivity contribution in [1.29, 1.82) is 0 Å². The molecule has 0 radical (unpaired) electrons. The molecule has 1 atom stereocenters. The third-order valence-corrected chi connectivity index (χ3v) is 2.95. The van der Waals surface area contributed by atoms with Gasteiger partial charge in [0.2, 0.25) is 5.91 Å². The highest BCUT2D eigenvalue weighted by Crippen LogP contribution is 2.01. The SMILES string of the molecule is CCC(C)NC(=O)CCNC(=O)c1ccnc(CN)c1. The maximum absolute atomic E-state index is 11.9. The van der Waals surface area contributed by atoms with E-state index in [2.05, 4.69) is 15.6 Å². The molecule has 1 aromatic heterocycles. The summed E-state index contributed by atoms with van der Waals surface area (Å²) in [6.07, 6.45) is 2.70. The molecule has 2 amide bonds. The molecular weight excluding hydrogens is 256 g/mol. The third-order valence-electron chi connectivity index (χ3n) is 2.95. The Labute approximate surface area is 119 Å². The van der Waals surface area contributed by atoms with E-state index in [0.29, 0.717) is 24.3 Å². The molecule has 1 aromatic rings. The normalized spacial score (nSPS) is 11.8. The van der Waals surface area contributed by atoms with Crippen molar-refractivity contribution >= 4 is 11.8 Å². The van der Waals surface area contributed by atoms with Gasteiger partial charge in [0.25, 0.3) is 5.91 Å². The van der Waals surface area contributed by atoms with Gasteiger partial charge in [-0.3, -0.25) is 14.6 Å². The van der Waals surface area contributed by atoms with Crippen molar-refractivity contribution < 1.29 is 9.59 Å². The number of hydrogen-bond acceptors (Lipinski definition) is 4. The Morgan fingerprint density at radius 3 is 2.85 bits per heavy atom. The zero-order valence-corrected chi connectivity index (χ0v) is 12.0. The van der Waals surface area contributed by atoms with Crippen LogP contribution in [0.4, 0.5) is 0 Å². The zero-order valence-electron chi connectivity index (χ0n) is 12.0. The molecule has 0 saturated carbocycles. The number of amides is 2. The van der Waals surface area contributed by atoms with Crippen molar-refractivity contribution in [3.8, 4) is 0 Å².